The van der Waals surface area contributed by atoms with Crippen LogP contribution in [0.5, 0.6) is 0 Å². The van der Waals surface area contributed by atoms with E-state index in [1.54, 1.807) is 6.20 Å². The summed E-state index contributed by atoms with van der Waals surface area (Å²) in [6, 6.07) is 18.9. The lowest BCUT2D eigenvalue weighted by Crippen LogP contribution is -2.11. The molecule has 0 fully saturated rings. The maximum Gasteiger partial charge on any atom is 0.147 e. The number of pyridine rings is 1. The number of halogens is 1. The van der Waals surface area contributed by atoms with Crippen LogP contribution in [0.3, 0.4) is 0 Å². The SMILES string of the molecule is CC(C)(C)c1ccc(CCNc2nsc3cc(-c4ncccc4Cl)ccc23)cc1. The number of anilines is 1. The summed E-state index contributed by atoms with van der Waals surface area (Å²) in [5.41, 5.74) is 4.70. The van der Waals surface area contributed by atoms with E-state index in [1.807, 2.05) is 12.1 Å². The normalized spacial score (nSPS) is 11.7. The van der Waals surface area contributed by atoms with E-state index in [9.17, 15) is 0 Å². The molecule has 29 heavy (non-hydrogen) atoms. The molecule has 1 N–H and O–H groups in total. The Morgan fingerprint density at radius 1 is 1.03 bits per heavy atom. The third kappa shape index (κ3) is 4.44. The highest BCUT2D eigenvalue weighted by Crippen LogP contribution is 2.33. The molecule has 4 rings (SSSR count). The van der Waals surface area contributed by atoms with E-state index in [0.717, 1.165) is 40.1 Å². The highest BCUT2D eigenvalue weighted by molar-refractivity contribution is 7.13. The van der Waals surface area contributed by atoms with Gasteiger partial charge in [-0.15, -0.1) is 0 Å². The Labute approximate surface area is 180 Å². The van der Waals surface area contributed by atoms with Crippen LogP contribution >= 0.6 is 23.1 Å². The largest absolute Gasteiger partial charge is 0.368 e. The number of aromatic nitrogens is 2. The van der Waals surface area contributed by atoms with Gasteiger partial charge in [0, 0.05) is 23.7 Å². The molecule has 2 aromatic heterocycles. The molecular weight excluding hydrogens is 398 g/mol. The smallest absolute Gasteiger partial charge is 0.147 e. The van der Waals surface area contributed by atoms with Crippen molar-refractivity contribution in [2.75, 3.05) is 11.9 Å². The molecule has 148 valence electrons. The summed E-state index contributed by atoms with van der Waals surface area (Å²) in [5.74, 6) is 0.940. The Morgan fingerprint density at radius 3 is 2.55 bits per heavy atom. The molecule has 0 saturated heterocycles. The standard InChI is InChI=1S/C24H24ClN3S/c1-24(2,3)18-9-6-16(7-10-18)12-14-27-23-19-11-8-17(15-21(19)29-28-23)22-20(25)5-4-13-26-22/h4-11,13,15H,12,14H2,1-3H3,(H,27,28). The van der Waals surface area contributed by atoms with Gasteiger partial charge in [0.25, 0.3) is 0 Å². The lowest BCUT2D eigenvalue weighted by atomic mass is 9.86. The minimum atomic E-state index is 0.189. The lowest BCUT2D eigenvalue weighted by Gasteiger charge is -2.19. The maximum atomic E-state index is 6.29. The van der Waals surface area contributed by atoms with Crippen molar-refractivity contribution >= 4 is 39.0 Å². The summed E-state index contributed by atoms with van der Waals surface area (Å²) in [5, 5.41) is 5.28. The zero-order valence-electron chi connectivity index (χ0n) is 16.9. The van der Waals surface area contributed by atoms with E-state index in [2.05, 4.69) is 77.9 Å². The van der Waals surface area contributed by atoms with Crippen molar-refractivity contribution < 1.29 is 0 Å². The fourth-order valence-corrected chi connectivity index (χ4v) is 4.33. The third-order valence-corrected chi connectivity index (χ3v) is 6.14. The van der Waals surface area contributed by atoms with E-state index < -0.39 is 0 Å². The molecule has 0 radical (unpaired) electrons. The first-order valence-electron chi connectivity index (χ1n) is 9.75. The molecular formula is C24H24ClN3S. The van der Waals surface area contributed by atoms with Crippen molar-refractivity contribution in [3.8, 4) is 11.3 Å². The number of fused-ring (bicyclic) bond motifs is 1. The molecule has 0 aliphatic carbocycles. The molecule has 0 spiro atoms. The van der Waals surface area contributed by atoms with E-state index >= 15 is 0 Å². The molecule has 0 amide bonds. The molecule has 0 aliphatic heterocycles. The van der Waals surface area contributed by atoms with Crippen LogP contribution in [0.4, 0.5) is 5.82 Å². The molecule has 0 bridgehead atoms. The van der Waals surface area contributed by atoms with Gasteiger partial charge in [0.05, 0.1) is 15.4 Å². The number of hydrogen-bond acceptors (Lipinski definition) is 4. The van der Waals surface area contributed by atoms with Crippen molar-refractivity contribution in [1.82, 2.24) is 9.36 Å². The quantitative estimate of drug-likeness (QED) is 0.378. The van der Waals surface area contributed by atoms with Gasteiger partial charge in [-0.3, -0.25) is 4.98 Å². The van der Waals surface area contributed by atoms with Gasteiger partial charge in [-0.1, -0.05) is 62.7 Å². The van der Waals surface area contributed by atoms with Crippen LogP contribution < -0.4 is 5.32 Å². The van der Waals surface area contributed by atoms with Gasteiger partial charge < -0.3 is 5.32 Å². The van der Waals surface area contributed by atoms with Crippen LogP contribution in [0.15, 0.2) is 60.8 Å². The van der Waals surface area contributed by atoms with Crippen LogP contribution in [0, 0.1) is 0 Å². The van der Waals surface area contributed by atoms with Gasteiger partial charge in [-0.25, -0.2) is 0 Å². The van der Waals surface area contributed by atoms with Crippen LogP contribution in [-0.2, 0) is 11.8 Å². The van der Waals surface area contributed by atoms with E-state index in [1.165, 1.54) is 22.7 Å². The minimum Gasteiger partial charge on any atom is -0.368 e. The second-order valence-electron chi connectivity index (χ2n) is 8.20. The number of hydrogen-bond donors (Lipinski definition) is 1. The van der Waals surface area contributed by atoms with E-state index in [0.29, 0.717) is 5.02 Å². The average molecular weight is 422 g/mol. The predicted molar refractivity (Wildman–Crippen MR) is 125 cm³/mol. The molecule has 2 aromatic carbocycles. The van der Waals surface area contributed by atoms with Crippen molar-refractivity contribution in [3.63, 3.8) is 0 Å². The first kappa shape index (κ1) is 19.9. The van der Waals surface area contributed by atoms with Gasteiger partial charge in [-0.2, -0.15) is 4.37 Å². The molecule has 3 nitrogen and oxygen atoms in total. The van der Waals surface area contributed by atoms with Crippen molar-refractivity contribution in [1.29, 1.82) is 0 Å². The molecule has 2 heterocycles. The van der Waals surface area contributed by atoms with Gasteiger partial charge in [-0.05, 0) is 58.8 Å². The average Bonchev–Trinajstić information content (AvgIpc) is 3.10. The third-order valence-electron chi connectivity index (χ3n) is 5.03. The maximum absolute atomic E-state index is 6.29. The molecule has 5 heteroatoms. The van der Waals surface area contributed by atoms with Crippen LogP contribution in [0.2, 0.25) is 5.02 Å². The molecule has 0 aliphatic rings. The van der Waals surface area contributed by atoms with Crippen LogP contribution in [0.1, 0.15) is 31.9 Å². The van der Waals surface area contributed by atoms with Gasteiger partial charge in [0.1, 0.15) is 5.82 Å². The first-order chi connectivity index (χ1) is 13.9. The summed E-state index contributed by atoms with van der Waals surface area (Å²) in [6.07, 6.45) is 2.73. The monoisotopic (exact) mass is 421 g/mol. The highest BCUT2D eigenvalue weighted by Gasteiger charge is 2.13. The Kier molecular flexibility index (Phi) is 5.57. The van der Waals surface area contributed by atoms with E-state index in [-0.39, 0.29) is 5.41 Å². The van der Waals surface area contributed by atoms with Crippen LogP contribution in [0.25, 0.3) is 21.3 Å². The van der Waals surface area contributed by atoms with Gasteiger partial charge in [0.15, 0.2) is 0 Å². The summed E-state index contributed by atoms with van der Waals surface area (Å²) < 4.78 is 5.73. The summed E-state index contributed by atoms with van der Waals surface area (Å²) in [4.78, 5) is 4.40. The summed E-state index contributed by atoms with van der Waals surface area (Å²) in [7, 11) is 0. The Morgan fingerprint density at radius 2 is 1.83 bits per heavy atom. The zero-order valence-corrected chi connectivity index (χ0v) is 18.4. The van der Waals surface area contributed by atoms with Crippen molar-refractivity contribution in [2.24, 2.45) is 0 Å². The zero-order chi connectivity index (χ0) is 20.4. The highest BCUT2D eigenvalue weighted by atomic mass is 35.5. The van der Waals surface area contributed by atoms with Crippen molar-refractivity contribution in [3.05, 3.63) is 76.9 Å². The van der Waals surface area contributed by atoms with Crippen molar-refractivity contribution in [2.45, 2.75) is 32.6 Å². The topological polar surface area (TPSA) is 37.8 Å². The summed E-state index contributed by atoms with van der Waals surface area (Å²) in [6.45, 7) is 7.57. The summed E-state index contributed by atoms with van der Waals surface area (Å²) >= 11 is 7.79. The first-order valence-corrected chi connectivity index (χ1v) is 10.9. The second kappa shape index (κ2) is 8.13. The molecule has 0 unspecified atom stereocenters. The number of rotatable bonds is 5. The molecule has 0 atom stereocenters. The Balaban J connectivity index is 1.44. The van der Waals surface area contributed by atoms with E-state index in [4.69, 9.17) is 11.6 Å². The van der Waals surface area contributed by atoms with Crippen LogP contribution in [-0.4, -0.2) is 15.9 Å². The minimum absolute atomic E-state index is 0.189. The number of benzene rings is 2. The van der Waals surface area contributed by atoms with Gasteiger partial charge >= 0.3 is 0 Å². The molecule has 0 saturated carbocycles. The Hall–Kier alpha value is -2.43. The number of nitrogens with zero attached hydrogens (tertiary/aromatic N) is 2. The second-order valence-corrected chi connectivity index (χ2v) is 9.41. The molecule has 4 aromatic rings. The predicted octanol–water partition coefficient (Wildman–Crippen LogP) is 6.96. The fourth-order valence-electron chi connectivity index (χ4n) is 3.31. The number of nitrogens with one attached hydrogen (secondary N) is 1. The fraction of sp³-hybridized carbons (Fsp3) is 0.250. The lowest BCUT2D eigenvalue weighted by molar-refractivity contribution is 0.590. The van der Waals surface area contributed by atoms with Gasteiger partial charge in [0.2, 0.25) is 0 Å². The Bertz CT molecular complexity index is 1130.